The Labute approximate surface area is 105 Å². The highest BCUT2D eigenvalue weighted by molar-refractivity contribution is 6.32. The number of ether oxygens (including phenoxy) is 1. The van der Waals surface area contributed by atoms with Crippen molar-refractivity contribution in [1.29, 1.82) is 0 Å². The molecule has 1 unspecified atom stereocenters. The molecule has 0 aromatic carbocycles. The van der Waals surface area contributed by atoms with Gasteiger partial charge in [-0.2, -0.15) is 0 Å². The molecule has 90 valence electrons. The summed E-state index contributed by atoms with van der Waals surface area (Å²) in [6, 6.07) is 0.401. The van der Waals surface area contributed by atoms with Gasteiger partial charge in [0.25, 0.3) is 0 Å². The molecule has 0 radical (unpaired) electrons. The molecule has 1 aromatic rings. The molecule has 0 bridgehead atoms. The van der Waals surface area contributed by atoms with Crippen LogP contribution in [0.1, 0.15) is 18.5 Å². The van der Waals surface area contributed by atoms with Crippen molar-refractivity contribution in [1.82, 2.24) is 14.9 Å². The van der Waals surface area contributed by atoms with Crippen LogP contribution in [0.2, 0.25) is 10.4 Å². The second-order valence-electron chi connectivity index (χ2n) is 3.97. The molecular weight excluding hydrogens is 249 g/mol. The quantitative estimate of drug-likeness (QED) is 0.907. The van der Waals surface area contributed by atoms with E-state index in [1.165, 1.54) is 0 Å². The maximum Gasteiger partial charge on any atom is 0.204 e. The molecule has 6 heteroatoms. The van der Waals surface area contributed by atoms with Crippen LogP contribution in [0, 0.1) is 0 Å². The van der Waals surface area contributed by atoms with E-state index in [-0.39, 0.29) is 0 Å². The summed E-state index contributed by atoms with van der Waals surface area (Å²) in [5.41, 5.74) is 0.914. The number of imidazole rings is 1. The Kier molecular flexibility index (Phi) is 4.08. The van der Waals surface area contributed by atoms with Crippen LogP contribution < -0.4 is 5.32 Å². The molecule has 0 amide bonds. The zero-order valence-corrected chi connectivity index (χ0v) is 10.7. The van der Waals surface area contributed by atoms with Crippen LogP contribution in [0.5, 0.6) is 0 Å². The summed E-state index contributed by atoms with van der Waals surface area (Å²) < 4.78 is 7.18. The van der Waals surface area contributed by atoms with Gasteiger partial charge in [0.15, 0.2) is 5.15 Å². The van der Waals surface area contributed by atoms with Gasteiger partial charge < -0.3 is 14.6 Å². The lowest BCUT2D eigenvalue weighted by molar-refractivity contribution is 0.0697. The number of hydrogen-bond acceptors (Lipinski definition) is 3. The third-order valence-electron chi connectivity index (χ3n) is 2.83. The average Bonchev–Trinajstić information content (AvgIpc) is 2.53. The summed E-state index contributed by atoms with van der Waals surface area (Å²) in [5, 5.41) is 4.29. The first-order chi connectivity index (χ1) is 7.68. The number of nitrogens with zero attached hydrogens (tertiary/aromatic N) is 2. The first-order valence-electron chi connectivity index (χ1n) is 5.36. The number of rotatable bonds is 3. The molecule has 1 atom stereocenters. The van der Waals surface area contributed by atoms with Crippen LogP contribution in [0.3, 0.4) is 0 Å². The highest BCUT2D eigenvalue weighted by Crippen LogP contribution is 2.19. The normalized spacial score (nSPS) is 21.3. The van der Waals surface area contributed by atoms with E-state index in [4.69, 9.17) is 27.9 Å². The third kappa shape index (κ3) is 2.69. The maximum atomic E-state index is 5.98. The van der Waals surface area contributed by atoms with Gasteiger partial charge in [-0.05, 0) is 24.4 Å². The number of aromatic nitrogens is 2. The Balaban J connectivity index is 1.93. The molecule has 0 aliphatic carbocycles. The molecule has 1 aliphatic heterocycles. The van der Waals surface area contributed by atoms with Crippen molar-refractivity contribution in [3.63, 3.8) is 0 Å². The van der Waals surface area contributed by atoms with Gasteiger partial charge in [-0.3, -0.25) is 0 Å². The second-order valence-corrected chi connectivity index (χ2v) is 4.67. The van der Waals surface area contributed by atoms with Gasteiger partial charge in [0.1, 0.15) is 0 Å². The van der Waals surface area contributed by atoms with E-state index in [2.05, 4.69) is 10.3 Å². The predicted molar refractivity (Wildman–Crippen MR) is 63.9 cm³/mol. The molecule has 0 spiro atoms. The maximum absolute atomic E-state index is 5.98. The number of nitrogens with one attached hydrogen (secondary N) is 1. The van der Waals surface area contributed by atoms with Crippen LogP contribution in [-0.2, 0) is 18.3 Å². The molecule has 1 aliphatic rings. The van der Waals surface area contributed by atoms with Crippen molar-refractivity contribution in [2.45, 2.75) is 25.4 Å². The zero-order chi connectivity index (χ0) is 11.5. The molecule has 1 aromatic heterocycles. The summed E-state index contributed by atoms with van der Waals surface area (Å²) >= 11 is 11.9. The summed E-state index contributed by atoms with van der Waals surface area (Å²) in [6.45, 7) is 2.31. The lowest BCUT2D eigenvalue weighted by atomic mass is 10.1. The Morgan fingerprint density at radius 2 is 2.38 bits per heavy atom. The van der Waals surface area contributed by atoms with Gasteiger partial charge in [0, 0.05) is 26.2 Å². The fraction of sp³-hybridized carbons (Fsp3) is 0.700. The second kappa shape index (κ2) is 5.36. The van der Waals surface area contributed by atoms with E-state index < -0.39 is 0 Å². The summed E-state index contributed by atoms with van der Waals surface area (Å²) in [7, 11) is 1.86. The Morgan fingerprint density at radius 3 is 2.94 bits per heavy atom. The average molecular weight is 264 g/mol. The van der Waals surface area contributed by atoms with Gasteiger partial charge in [-0.1, -0.05) is 11.6 Å². The van der Waals surface area contributed by atoms with E-state index in [1.807, 2.05) is 7.05 Å². The highest BCUT2D eigenvalue weighted by Gasteiger charge is 2.16. The van der Waals surface area contributed by atoms with Crippen molar-refractivity contribution < 1.29 is 4.74 Å². The van der Waals surface area contributed by atoms with Crippen molar-refractivity contribution in [2.75, 3.05) is 13.2 Å². The minimum atomic E-state index is 0.401. The van der Waals surface area contributed by atoms with Gasteiger partial charge in [-0.15, -0.1) is 0 Å². The Morgan fingerprint density at radius 1 is 1.56 bits per heavy atom. The largest absolute Gasteiger partial charge is 0.380 e. The summed E-state index contributed by atoms with van der Waals surface area (Å²) in [4.78, 5) is 4.00. The molecular formula is C10H15Cl2N3O. The van der Waals surface area contributed by atoms with Crippen molar-refractivity contribution in [3.05, 3.63) is 16.1 Å². The van der Waals surface area contributed by atoms with Crippen LogP contribution >= 0.6 is 23.2 Å². The minimum absolute atomic E-state index is 0.401. The Bertz CT molecular complexity index is 361. The van der Waals surface area contributed by atoms with E-state index in [1.54, 1.807) is 4.57 Å². The number of halogens is 2. The fourth-order valence-electron chi connectivity index (χ4n) is 1.80. The van der Waals surface area contributed by atoms with Crippen molar-refractivity contribution in [3.8, 4) is 0 Å². The lowest BCUT2D eigenvalue weighted by Crippen LogP contribution is -2.36. The topological polar surface area (TPSA) is 39.1 Å². The van der Waals surface area contributed by atoms with Gasteiger partial charge >= 0.3 is 0 Å². The van der Waals surface area contributed by atoms with E-state index >= 15 is 0 Å². The SMILES string of the molecule is Cn1c(Cl)nc(Cl)c1CNC1CCCOC1. The summed E-state index contributed by atoms with van der Waals surface area (Å²) in [5.74, 6) is 0. The van der Waals surface area contributed by atoms with E-state index in [0.29, 0.717) is 23.0 Å². The molecule has 0 saturated carbocycles. The molecule has 4 nitrogen and oxygen atoms in total. The molecule has 16 heavy (non-hydrogen) atoms. The van der Waals surface area contributed by atoms with Gasteiger partial charge in [-0.25, -0.2) is 4.98 Å². The standard InChI is InChI=1S/C10H15Cl2N3O/c1-15-8(9(11)14-10(15)12)5-13-7-3-2-4-16-6-7/h7,13H,2-6H2,1H3. The molecule has 2 rings (SSSR count). The lowest BCUT2D eigenvalue weighted by Gasteiger charge is -2.23. The van der Waals surface area contributed by atoms with Crippen LogP contribution in [0.4, 0.5) is 0 Å². The zero-order valence-electron chi connectivity index (χ0n) is 9.17. The molecule has 1 N–H and O–H groups in total. The Hall–Kier alpha value is -0.290. The van der Waals surface area contributed by atoms with Crippen LogP contribution in [0.15, 0.2) is 0 Å². The number of hydrogen-bond donors (Lipinski definition) is 1. The summed E-state index contributed by atoms with van der Waals surface area (Å²) in [6.07, 6.45) is 2.25. The van der Waals surface area contributed by atoms with Crippen molar-refractivity contribution in [2.24, 2.45) is 7.05 Å². The van der Waals surface area contributed by atoms with E-state index in [0.717, 1.165) is 31.7 Å². The molecule has 2 heterocycles. The first-order valence-corrected chi connectivity index (χ1v) is 6.12. The van der Waals surface area contributed by atoms with E-state index in [9.17, 15) is 0 Å². The predicted octanol–water partition coefficient (Wildman–Crippen LogP) is 2.00. The fourth-order valence-corrected chi connectivity index (χ4v) is 2.31. The van der Waals surface area contributed by atoms with Crippen LogP contribution in [0.25, 0.3) is 0 Å². The third-order valence-corrected chi connectivity index (χ3v) is 3.47. The van der Waals surface area contributed by atoms with Gasteiger partial charge in [0.05, 0.1) is 12.3 Å². The highest BCUT2D eigenvalue weighted by atomic mass is 35.5. The first kappa shape index (κ1) is 12.2. The molecule has 1 fully saturated rings. The monoisotopic (exact) mass is 263 g/mol. The van der Waals surface area contributed by atoms with Crippen molar-refractivity contribution >= 4 is 23.2 Å². The smallest absolute Gasteiger partial charge is 0.204 e. The molecule has 1 saturated heterocycles. The minimum Gasteiger partial charge on any atom is -0.380 e. The van der Waals surface area contributed by atoms with Gasteiger partial charge in [0.2, 0.25) is 5.28 Å². The van der Waals surface area contributed by atoms with Crippen LogP contribution in [-0.4, -0.2) is 28.8 Å².